The molecule has 0 aliphatic carbocycles. The summed E-state index contributed by atoms with van der Waals surface area (Å²) in [5.41, 5.74) is 1.91. The molecular formula is C14H20O2. The number of carbonyl (C=O) groups is 1. The summed E-state index contributed by atoms with van der Waals surface area (Å²) >= 11 is 0. The zero-order chi connectivity index (χ0) is 12.2. The highest BCUT2D eigenvalue weighted by Gasteiger charge is 2.23. The second-order valence-corrected chi connectivity index (χ2v) is 4.95. The Balaban J connectivity index is 2.65. The lowest BCUT2D eigenvalue weighted by atomic mass is 9.97. The predicted octanol–water partition coefficient (Wildman–Crippen LogP) is 3.34. The molecule has 0 saturated carbocycles. The summed E-state index contributed by atoms with van der Waals surface area (Å²) < 4.78 is 5.30. The fourth-order valence-corrected chi connectivity index (χ4v) is 1.40. The van der Waals surface area contributed by atoms with Crippen molar-refractivity contribution in [2.45, 2.75) is 40.7 Å². The van der Waals surface area contributed by atoms with Crippen LogP contribution in [-0.2, 0) is 22.6 Å². The van der Waals surface area contributed by atoms with Gasteiger partial charge in [0, 0.05) is 0 Å². The standard InChI is InChI=1S/C14H20O2/c1-5-11-8-6-7-9-12(11)10-16-13(15)14(2,3)4/h6-9H,5,10H2,1-4H3. The first-order valence-corrected chi connectivity index (χ1v) is 5.69. The average Bonchev–Trinajstić information content (AvgIpc) is 2.24. The largest absolute Gasteiger partial charge is 0.460 e. The molecule has 1 aromatic rings. The van der Waals surface area contributed by atoms with Gasteiger partial charge in [0.1, 0.15) is 6.61 Å². The lowest BCUT2D eigenvalue weighted by Crippen LogP contribution is -2.22. The van der Waals surface area contributed by atoms with Crippen LogP contribution in [0.2, 0.25) is 0 Å². The molecule has 1 rings (SSSR count). The predicted molar refractivity (Wildman–Crippen MR) is 65.1 cm³/mol. The van der Waals surface area contributed by atoms with Crippen LogP contribution in [0.25, 0.3) is 0 Å². The summed E-state index contributed by atoms with van der Waals surface area (Å²) in [7, 11) is 0. The Morgan fingerprint density at radius 3 is 2.25 bits per heavy atom. The monoisotopic (exact) mass is 220 g/mol. The Morgan fingerprint density at radius 2 is 1.75 bits per heavy atom. The molecule has 1 aromatic carbocycles. The van der Waals surface area contributed by atoms with Gasteiger partial charge in [0.15, 0.2) is 0 Å². The van der Waals surface area contributed by atoms with Gasteiger partial charge in [-0.05, 0) is 38.3 Å². The molecule has 0 saturated heterocycles. The average molecular weight is 220 g/mol. The molecule has 0 amide bonds. The summed E-state index contributed by atoms with van der Waals surface area (Å²) in [6.07, 6.45) is 0.962. The maximum Gasteiger partial charge on any atom is 0.311 e. The van der Waals surface area contributed by atoms with Crippen LogP contribution in [0.3, 0.4) is 0 Å². The second-order valence-electron chi connectivity index (χ2n) is 4.95. The van der Waals surface area contributed by atoms with E-state index in [-0.39, 0.29) is 5.97 Å². The van der Waals surface area contributed by atoms with E-state index < -0.39 is 5.41 Å². The maximum absolute atomic E-state index is 11.6. The zero-order valence-electron chi connectivity index (χ0n) is 10.5. The van der Waals surface area contributed by atoms with Gasteiger partial charge in [0.05, 0.1) is 5.41 Å². The van der Waals surface area contributed by atoms with E-state index in [1.165, 1.54) is 5.56 Å². The van der Waals surface area contributed by atoms with Gasteiger partial charge in [-0.2, -0.15) is 0 Å². The van der Waals surface area contributed by atoms with Gasteiger partial charge in [-0.25, -0.2) is 0 Å². The van der Waals surface area contributed by atoms with E-state index in [2.05, 4.69) is 13.0 Å². The molecule has 0 N–H and O–H groups in total. The SMILES string of the molecule is CCc1ccccc1COC(=O)C(C)(C)C. The van der Waals surface area contributed by atoms with Crippen LogP contribution in [0.1, 0.15) is 38.8 Å². The highest BCUT2D eigenvalue weighted by atomic mass is 16.5. The minimum absolute atomic E-state index is 0.154. The number of hydrogen-bond donors (Lipinski definition) is 0. The molecule has 2 heteroatoms. The second kappa shape index (κ2) is 5.15. The maximum atomic E-state index is 11.6. The molecule has 0 aromatic heterocycles. The third kappa shape index (κ3) is 3.37. The van der Waals surface area contributed by atoms with Crippen molar-refractivity contribution >= 4 is 5.97 Å². The number of rotatable bonds is 3. The van der Waals surface area contributed by atoms with Crippen molar-refractivity contribution in [3.63, 3.8) is 0 Å². The first kappa shape index (κ1) is 12.8. The van der Waals surface area contributed by atoms with Gasteiger partial charge in [-0.1, -0.05) is 31.2 Å². The van der Waals surface area contributed by atoms with E-state index in [9.17, 15) is 4.79 Å². The lowest BCUT2D eigenvalue weighted by Gasteiger charge is -2.17. The van der Waals surface area contributed by atoms with Crippen LogP contribution in [0.4, 0.5) is 0 Å². The third-order valence-electron chi connectivity index (χ3n) is 2.47. The summed E-state index contributed by atoms with van der Waals surface area (Å²) in [4.78, 5) is 11.6. The van der Waals surface area contributed by atoms with Gasteiger partial charge in [-0.3, -0.25) is 4.79 Å². The highest BCUT2D eigenvalue weighted by molar-refractivity contribution is 5.75. The van der Waals surface area contributed by atoms with E-state index in [4.69, 9.17) is 4.74 Å². The van der Waals surface area contributed by atoms with E-state index in [0.717, 1.165) is 12.0 Å². The number of ether oxygens (including phenoxy) is 1. The molecule has 0 bridgehead atoms. The van der Waals surface area contributed by atoms with Gasteiger partial charge in [0.25, 0.3) is 0 Å². The molecule has 2 nitrogen and oxygen atoms in total. The first-order chi connectivity index (χ1) is 7.45. The fourth-order valence-electron chi connectivity index (χ4n) is 1.40. The van der Waals surface area contributed by atoms with Crippen LogP contribution in [-0.4, -0.2) is 5.97 Å². The van der Waals surface area contributed by atoms with E-state index in [0.29, 0.717) is 6.61 Å². The van der Waals surface area contributed by atoms with Crippen LogP contribution in [0.5, 0.6) is 0 Å². The smallest absolute Gasteiger partial charge is 0.311 e. The van der Waals surface area contributed by atoms with Crippen molar-refractivity contribution in [3.05, 3.63) is 35.4 Å². The molecule has 0 aliphatic rings. The van der Waals surface area contributed by atoms with Crippen molar-refractivity contribution < 1.29 is 9.53 Å². The Morgan fingerprint density at radius 1 is 1.19 bits per heavy atom. The molecular weight excluding hydrogens is 200 g/mol. The molecule has 0 heterocycles. The quantitative estimate of drug-likeness (QED) is 0.730. The Hall–Kier alpha value is -1.31. The van der Waals surface area contributed by atoms with Crippen molar-refractivity contribution in [2.24, 2.45) is 5.41 Å². The number of hydrogen-bond acceptors (Lipinski definition) is 2. The van der Waals surface area contributed by atoms with Gasteiger partial charge in [0.2, 0.25) is 0 Å². The molecule has 0 atom stereocenters. The number of aryl methyl sites for hydroxylation is 1. The normalized spacial score (nSPS) is 11.2. The van der Waals surface area contributed by atoms with Gasteiger partial charge >= 0.3 is 5.97 Å². The van der Waals surface area contributed by atoms with Crippen LogP contribution < -0.4 is 0 Å². The Labute approximate surface area is 97.6 Å². The molecule has 0 aliphatic heterocycles. The van der Waals surface area contributed by atoms with Crippen molar-refractivity contribution in [3.8, 4) is 0 Å². The summed E-state index contributed by atoms with van der Waals surface area (Å²) in [5.74, 6) is -0.154. The highest BCUT2D eigenvalue weighted by Crippen LogP contribution is 2.17. The van der Waals surface area contributed by atoms with Crippen LogP contribution in [0, 0.1) is 5.41 Å². The van der Waals surface area contributed by atoms with Crippen molar-refractivity contribution in [2.75, 3.05) is 0 Å². The van der Waals surface area contributed by atoms with Crippen LogP contribution in [0.15, 0.2) is 24.3 Å². The molecule has 0 unspecified atom stereocenters. The van der Waals surface area contributed by atoms with Crippen molar-refractivity contribution in [1.82, 2.24) is 0 Å². The molecule has 0 radical (unpaired) electrons. The summed E-state index contributed by atoms with van der Waals surface area (Å²) in [6.45, 7) is 8.06. The Bertz CT molecular complexity index is 361. The number of carbonyl (C=O) groups excluding carboxylic acids is 1. The fraction of sp³-hybridized carbons (Fsp3) is 0.500. The topological polar surface area (TPSA) is 26.3 Å². The third-order valence-corrected chi connectivity index (χ3v) is 2.47. The summed E-state index contributed by atoms with van der Waals surface area (Å²) in [6, 6.07) is 8.06. The van der Waals surface area contributed by atoms with Gasteiger partial charge < -0.3 is 4.74 Å². The first-order valence-electron chi connectivity index (χ1n) is 5.69. The molecule has 16 heavy (non-hydrogen) atoms. The van der Waals surface area contributed by atoms with Crippen LogP contribution >= 0.6 is 0 Å². The minimum atomic E-state index is -0.429. The zero-order valence-corrected chi connectivity index (χ0v) is 10.5. The molecule has 88 valence electrons. The van der Waals surface area contributed by atoms with E-state index in [1.54, 1.807) is 0 Å². The Kier molecular flexibility index (Phi) is 4.11. The van der Waals surface area contributed by atoms with Gasteiger partial charge in [-0.15, -0.1) is 0 Å². The minimum Gasteiger partial charge on any atom is -0.460 e. The summed E-state index contributed by atoms with van der Waals surface area (Å²) in [5, 5.41) is 0. The van der Waals surface area contributed by atoms with Crippen molar-refractivity contribution in [1.29, 1.82) is 0 Å². The van der Waals surface area contributed by atoms with E-state index >= 15 is 0 Å². The number of benzene rings is 1. The van der Waals surface area contributed by atoms with E-state index in [1.807, 2.05) is 39.0 Å². The lowest BCUT2D eigenvalue weighted by molar-refractivity contribution is -0.154. The number of esters is 1. The molecule has 0 spiro atoms. The molecule has 0 fully saturated rings.